The molecule has 0 aliphatic carbocycles. The van der Waals surface area contributed by atoms with E-state index in [2.05, 4.69) is 13.8 Å². The Bertz CT molecular complexity index is 339. The summed E-state index contributed by atoms with van der Waals surface area (Å²) in [5, 5.41) is 0. The van der Waals surface area contributed by atoms with Crippen molar-refractivity contribution in [1.82, 2.24) is 0 Å². The van der Waals surface area contributed by atoms with Crippen molar-refractivity contribution in [3.05, 3.63) is 35.4 Å². The maximum absolute atomic E-state index is 11.9. The van der Waals surface area contributed by atoms with Crippen LogP contribution >= 0.6 is 0 Å². The Balaban J connectivity index is 2.95. The topological polar surface area (TPSA) is 17.1 Å². The van der Waals surface area contributed by atoms with Crippen LogP contribution in [0.5, 0.6) is 0 Å². The lowest BCUT2D eigenvalue weighted by molar-refractivity contribution is 0.0858. The molecule has 15 heavy (non-hydrogen) atoms. The highest BCUT2D eigenvalue weighted by Gasteiger charge is 2.22. The second-order valence-corrected chi connectivity index (χ2v) is 5.36. The minimum Gasteiger partial charge on any atom is -0.294 e. The van der Waals surface area contributed by atoms with E-state index in [1.807, 2.05) is 45.0 Å². The maximum Gasteiger partial charge on any atom is 0.168 e. The van der Waals surface area contributed by atoms with Gasteiger partial charge in [-0.2, -0.15) is 0 Å². The van der Waals surface area contributed by atoms with E-state index in [1.54, 1.807) is 0 Å². The van der Waals surface area contributed by atoms with Crippen molar-refractivity contribution < 1.29 is 4.79 Å². The molecule has 0 saturated heterocycles. The highest BCUT2D eigenvalue weighted by atomic mass is 16.1. The van der Waals surface area contributed by atoms with Crippen molar-refractivity contribution in [3.8, 4) is 0 Å². The number of carbonyl (C=O) groups is 1. The number of rotatable bonds is 2. The highest BCUT2D eigenvalue weighted by molar-refractivity contribution is 5.99. The summed E-state index contributed by atoms with van der Waals surface area (Å²) in [5.41, 5.74) is 1.80. The Kier molecular flexibility index (Phi) is 3.33. The second-order valence-electron chi connectivity index (χ2n) is 5.36. The normalized spacial score (nSPS) is 11.9. The summed E-state index contributed by atoms with van der Waals surface area (Å²) in [4.78, 5) is 11.9. The quantitative estimate of drug-likeness (QED) is 0.664. The molecule has 0 N–H and O–H groups in total. The minimum absolute atomic E-state index is 0.206. The predicted octanol–water partition coefficient (Wildman–Crippen LogP) is 4.04. The molecular weight excluding hydrogens is 184 g/mol. The predicted molar refractivity (Wildman–Crippen MR) is 64.3 cm³/mol. The van der Waals surface area contributed by atoms with Gasteiger partial charge in [-0.1, -0.05) is 58.9 Å². The molecule has 1 heteroatoms. The van der Waals surface area contributed by atoms with Crippen LogP contribution in [0.1, 0.15) is 56.5 Å². The van der Waals surface area contributed by atoms with Crippen molar-refractivity contribution in [3.63, 3.8) is 0 Å². The molecule has 0 atom stereocenters. The lowest BCUT2D eigenvalue weighted by atomic mass is 9.86. The summed E-state index contributed by atoms with van der Waals surface area (Å²) >= 11 is 0. The average Bonchev–Trinajstić information content (AvgIpc) is 2.15. The monoisotopic (exact) mass is 204 g/mol. The molecule has 1 aromatic carbocycles. The van der Waals surface area contributed by atoms with Gasteiger partial charge in [-0.05, 0) is 11.5 Å². The van der Waals surface area contributed by atoms with Crippen LogP contribution in [0.2, 0.25) is 0 Å². The van der Waals surface area contributed by atoms with Gasteiger partial charge >= 0.3 is 0 Å². The lowest BCUT2D eigenvalue weighted by Crippen LogP contribution is -2.20. The summed E-state index contributed by atoms with van der Waals surface area (Å²) in [7, 11) is 0. The molecule has 0 heterocycles. The van der Waals surface area contributed by atoms with Crippen molar-refractivity contribution >= 4 is 5.78 Å². The van der Waals surface area contributed by atoms with Crippen LogP contribution in [0.25, 0.3) is 0 Å². The molecule has 1 aromatic rings. The molecule has 0 aliphatic rings. The smallest absolute Gasteiger partial charge is 0.168 e. The summed E-state index contributed by atoms with van der Waals surface area (Å²) in [6.45, 7) is 10.2. The standard InChI is InChI=1S/C14H20O/c1-10(2)11-6-8-12(9-7-11)13(15)14(3,4)5/h6-10H,1-5H3. The van der Waals surface area contributed by atoms with Crippen LogP contribution in [0.4, 0.5) is 0 Å². The van der Waals surface area contributed by atoms with Gasteiger partial charge in [0.1, 0.15) is 0 Å². The van der Waals surface area contributed by atoms with Gasteiger partial charge in [-0.25, -0.2) is 0 Å². The van der Waals surface area contributed by atoms with Crippen LogP contribution in [-0.2, 0) is 0 Å². The van der Waals surface area contributed by atoms with Crippen LogP contribution in [0.15, 0.2) is 24.3 Å². The second kappa shape index (κ2) is 4.18. The fourth-order valence-electron chi connectivity index (χ4n) is 1.45. The van der Waals surface area contributed by atoms with Crippen LogP contribution in [-0.4, -0.2) is 5.78 Å². The van der Waals surface area contributed by atoms with Crippen molar-refractivity contribution in [1.29, 1.82) is 0 Å². The number of benzene rings is 1. The fraction of sp³-hybridized carbons (Fsp3) is 0.500. The first kappa shape index (κ1) is 12.0. The van der Waals surface area contributed by atoms with Gasteiger partial charge in [0.2, 0.25) is 0 Å². The van der Waals surface area contributed by atoms with Gasteiger partial charge in [0.15, 0.2) is 5.78 Å². The Labute approximate surface area is 92.5 Å². The van der Waals surface area contributed by atoms with Gasteiger partial charge in [-0.15, -0.1) is 0 Å². The van der Waals surface area contributed by atoms with E-state index in [9.17, 15) is 4.79 Å². The maximum atomic E-state index is 11.9. The summed E-state index contributed by atoms with van der Waals surface area (Å²) < 4.78 is 0. The van der Waals surface area contributed by atoms with E-state index in [4.69, 9.17) is 0 Å². The first-order valence-electron chi connectivity index (χ1n) is 5.47. The average molecular weight is 204 g/mol. The van der Waals surface area contributed by atoms with E-state index in [-0.39, 0.29) is 11.2 Å². The third kappa shape index (κ3) is 2.92. The largest absolute Gasteiger partial charge is 0.294 e. The number of Topliss-reactive ketones (excluding diaryl/α,β-unsaturated/α-hetero) is 1. The summed E-state index contributed by atoms with van der Waals surface area (Å²) in [6.07, 6.45) is 0. The van der Waals surface area contributed by atoms with E-state index in [1.165, 1.54) is 5.56 Å². The Morgan fingerprint density at radius 3 is 1.87 bits per heavy atom. The zero-order chi connectivity index (χ0) is 11.6. The van der Waals surface area contributed by atoms with Crippen LogP contribution in [0, 0.1) is 5.41 Å². The van der Waals surface area contributed by atoms with Gasteiger partial charge in [-0.3, -0.25) is 4.79 Å². The molecule has 0 bridgehead atoms. The molecule has 0 aliphatic heterocycles. The van der Waals surface area contributed by atoms with Gasteiger partial charge < -0.3 is 0 Å². The molecule has 1 nitrogen and oxygen atoms in total. The third-order valence-corrected chi connectivity index (χ3v) is 2.52. The molecule has 1 rings (SSSR count). The SMILES string of the molecule is CC(C)c1ccc(C(=O)C(C)(C)C)cc1. The minimum atomic E-state index is -0.292. The van der Waals surface area contributed by atoms with Crippen molar-refractivity contribution in [2.45, 2.75) is 40.5 Å². The van der Waals surface area contributed by atoms with E-state index in [0.717, 1.165) is 5.56 Å². The lowest BCUT2D eigenvalue weighted by Gasteiger charge is -2.17. The zero-order valence-electron chi connectivity index (χ0n) is 10.3. The number of hydrogen-bond donors (Lipinski definition) is 0. The highest BCUT2D eigenvalue weighted by Crippen LogP contribution is 2.22. The molecule has 0 aromatic heterocycles. The molecule has 0 saturated carbocycles. The number of ketones is 1. The Hall–Kier alpha value is -1.11. The molecular formula is C14H20O. The number of hydrogen-bond acceptors (Lipinski definition) is 1. The van der Waals surface area contributed by atoms with Gasteiger partial charge in [0, 0.05) is 11.0 Å². The van der Waals surface area contributed by atoms with E-state index < -0.39 is 0 Å². The molecule has 0 fully saturated rings. The van der Waals surface area contributed by atoms with E-state index in [0.29, 0.717) is 5.92 Å². The van der Waals surface area contributed by atoms with Gasteiger partial charge in [0.05, 0.1) is 0 Å². The fourth-order valence-corrected chi connectivity index (χ4v) is 1.45. The molecule has 82 valence electrons. The van der Waals surface area contributed by atoms with Crippen molar-refractivity contribution in [2.75, 3.05) is 0 Å². The molecule has 0 spiro atoms. The van der Waals surface area contributed by atoms with Crippen LogP contribution < -0.4 is 0 Å². The molecule has 0 amide bonds. The Morgan fingerprint density at radius 2 is 1.53 bits per heavy atom. The summed E-state index contributed by atoms with van der Waals surface area (Å²) in [6, 6.07) is 7.96. The molecule has 0 unspecified atom stereocenters. The summed E-state index contributed by atoms with van der Waals surface area (Å²) in [5.74, 6) is 0.724. The first-order chi connectivity index (χ1) is 6.82. The van der Waals surface area contributed by atoms with Crippen LogP contribution in [0.3, 0.4) is 0 Å². The first-order valence-corrected chi connectivity index (χ1v) is 5.47. The Morgan fingerprint density at radius 1 is 1.07 bits per heavy atom. The zero-order valence-corrected chi connectivity index (χ0v) is 10.3. The van der Waals surface area contributed by atoms with Crippen molar-refractivity contribution in [2.24, 2.45) is 5.41 Å². The van der Waals surface area contributed by atoms with E-state index >= 15 is 0 Å². The number of carbonyl (C=O) groups excluding carboxylic acids is 1. The molecule has 0 radical (unpaired) electrons. The third-order valence-electron chi connectivity index (χ3n) is 2.52. The van der Waals surface area contributed by atoms with Gasteiger partial charge in [0.25, 0.3) is 0 Å².